The largest absolute Gasteiger partial charge is 0.379 e. The number of alkyl halides is 2. The second-order valence-electron chi connectivity index (χ2n) is 22.6. The van der Waals surface area contributed by atoms with Crippen LogP contribution in [0.1, 0.15) is 245 Å². The summed E-state index contributed by atoms with van der Waals surface area (Å²) in [4.78, 5) is 0. The summed E-state index contributed by atoms with van der Waals surface area (Å²) in [5.74, 6) is -6.04. The Balaban J connectivity index is 1.00. The summed E-state index contributed by atoms with van der Waals surface area (Å²) in [7, 11) is 0. The molecule has 0 aromatic carbocycles. The van der Waals surface area contributed by atoms with E-state index in [1.54, 1.807) is 0 Å². The second kappa shape index (κ2) is 25.9. The van der Waals surface area contributed by atoms with Crippen LogP contribution in [-0.4, -0.2) is 24.6 Å². The Hall–Kier alpha value is -1.50. The van der Waals surface area contributed by atoms with Crippen molar-refractivity contribution in [3.8, 4) is 0 Å². The van der Waals surface area contributed by atoms with E-state index in [1.165, 1.54) is 140 Å². The Morgan fingerprint density at radius 1 is 0.446 bits per heavy atom. The first-order valence-electron chi connectivity index (χ1n) is 28.0. The lowest BCUT2D eigenvalue weighted by molar-refractivity contribution is -0.0619. The molecule has 0 heterocycles. The smallest absolute Gasteiger partial charge is 0.188 e. The molecule has 0 N–H and O–H groups in total. The van der Waals surface area contributed by atoms with Gasteiger partial charge in [0, 0.05) is 10.8 Å². The van der Waals surface area contributed by atoms with E-state index in [0.717, 1.165) is 89.9 Å². The Kier molecular flexibility index (Phi) is 21.1. The molecule has 4 atom stereocenters. The highest BCUT2D eigenvalue weighted by atomic mass is 19.2. The predicted octanol–water partition coefficient (Wildman–Crippen LogP) is 19.7. The van der Waals surface area contributed by atoms with Crippen LogP contribution in [0.3, 0.4) is 0 Å². The molecule has 0 spiro atoms. The molecule has 1 nitrogen and oxygen atoms in total. The lowest BCUT2D eigenvalue weighted by Gasteiger charge is -2.53. The van der Waals surface area contributed by atoms with E-state index in [2.05, 4.69) is 13.8 Å². The van der Waals surface area contributed by atoms with E-state index >= 15 is 26.3 Å². The third kappa shape index (κ3) is 12.6. The summed E-state index contributed by atoms with van der Waals surface area (Å²) in [6.45, 7) is 3.82. The fraction of sp³-hybridized carbons (Fsp3) is 0.862. The van der Waals surface area contributed by atoms with Gasteiger partial charge in [-0.3, -0.25) is 0 Å². The Morgan fingerprint density at radius 3 is 1.11 bits per heavy atom. The zero-order valence-corrected chi connectivity index (χ0v) is 41.3. The quantitative estimate of drug-likeness (QED) is 0.0477. The summed E-state index contributed by atoms with van der Waals surface area (Å²) < 4.78 is 106. The molecule has 6 aliphatic carbocycles. The van der Waals surface area contributed by atoms with E-state index in [9.17, 15) is 0 Å². The predicted molar refractivity (Wildman–Crippen MR) is 259 cm³/mol. The first-order chi connectivity index (χ1) is 31.5. The summed E-state index contributed by atoms with van der Waals surface area (Å²) in [5.41, 5.74) is -6.98. The van der Waals surface area contributed by atoms with Crippen molar-refractivity contribution < 1.29 is 31.1 Å². The molecule has 4 saturated carbocycles. The van der Waals surface area contributed by atoms with Crippen LogP contribution >= 0.6 is 0 Å². The third-order valence-corrected chi connectivity index (χ3v) is 18.5. The van der Waals surface area contributed by atoms with Crippen LogP contribution in [-0.2, 0) is 4.74 Å². The van der Waals surface area contributed by atoms with Gasteiger partial charge in [0.2, 0.25) is 0 Å². The number of allylic oxidation sites excluding steroid dienone is 4. The molecule has 65 heavy (non-hydrogen) atoms. The number of rotatable bonds is 26. The molecule has 4 fully saturated rings. The van der Waals surface area contributed by atoms with Gasteiger partial charge in [-0.25, -0.2) is 26.3 Å². The van der Waals surface area contributed by atoms with E-state index in [0.29, 0.717) is 37.5 Å². The minimum absolute atomic E-state index is 0.00342. The topological polar surface area (TPSA) is 9.23 Å². The highest BCUT2D eigenvalue weighted by molar-refractivity contribution is 5.37. The summed E-state index contributed by atoms with van der Waals surface area (Å²) >= 11 is 0. The van der Waals surface area contributed by atoms with Crippen LogP contribution in [0.5, 0.6) is 0 Å². The zero-order valence-electron chi connectivity index (χ0n) is 41.3. The maximum absolute atomic E-state index is 17.5. The fourth-order valence-electron chi connectivity index (χ4n) is 14.5. The monoisotopic (exact) mass is 919 g/mol. The minimum atomic E-state index is -2.51. The zero-order chi connectivity index (χ0) is 46.2. The van der Waals surface area contributed by atoms with Gasteiger partial charge in [0.15, 0.2) is 23.0 Å². The molecule has 6 rings (SSSR count). The minimum Gasteiger partial charge on any atom is -0.379 e. The van der Waals surface area contributed by atoms with Gasteiger partial charge in [0.25, 0.3) is 0 Å². The standard InChI is InChI=1S/C58H92F6O/c1-3-5-7-9-11-13-15-19-25-45-27-31-49(32-28-45)55(37-21-17-22-38-55)57(63)41-35-47(51(59)53(57)61)43-65-44-48-36-42-58(64,54(62)52(48)60)56(39-23-18-24-40-56)50-33-29-46(30-34-50)26-20-16-14-12-10-8-6-4-2/h35-36,41-42,45-50H,3-34,37-40,43-44H2,1-2H3/t45-,46-,47-,48-,49-,50-,57+,58+/m0/s1. The lowest BCUT2D eigenvalue weighted by Crippen LogP contribution is -2.52. The van der Waals surface area contributed by atoms with Crippen LogP contribution in [0.2, 0.25) is 0 Å². The average Bonchev–Trinajstić information content (AvgIpc) is 3.34. The Morgan fingerprint density at radius 2 is 0.769 bits per heavy atom. The van der Waals surface area contributed by atoms with Gasteiger partial charge < -0.3 is 4.74 Å². The second-order valence-corrected chi connectivity index (χ2v) is 22.6. The summed E-state index contributed by atoms with van der Waals surface area (Å²) in [6.07, 6.45) is 43.5. The van der Waals surface area contributed by atoms with Crippen molar-refractivity contribution in [2.24, 2.45) is 46.3 Å². The van der Waals surface area contributed by atoms with Gasteiger partial charge in [0.05, 0.1) is 25.0 Å². The summed E-state index contributed by atoms with van der Waals surface area (Å²) in [6, 6.07) is 0. The molecule has 0 amide bonds. The molecule has 6 aliphatic rings. The van der Waals surface area contributed by atoms with Gasteiger partial charge in [0.1, 0.15) is 11.7 Å². The summed E-state index contributed by atoms with van der Waals surface area (Å²) in [5, 5.41) is 0. The van der Waals surface area contributed by atoms with Gasteiger partial charge in [-0.1, -0.05) is 206 Å². The van der Waals surface area contributed by atoms with Crippen molar-refractivity contribution in [1.82, 2.24) is 0 Å². The van der Waals surface area contributed by atoms with Gasteiger partial charge in [-0.05, 0) is 87.2 Å². The van der Waals surface area contributed by atoms with Crippen LogP contribution in [0, 0.1) is 46.3 Å². The van der Waals surface area contributed by atoms with Crippen LogP contribution in [0.15, 0.2) is 47.6 Å². The van der Waals surface area contributed by atoms with E-state index in [4.69, 9.17) is 4.74 Å². The highest BCUT2D eigenvalue weighted by Gasteiger charge is 2.61. The molecule has 0 unspecified atom stereocenters. The molecule has 0 saturated heterocycles. The Bertz CT molecular complexity index is 1410. The van der Waals surface area contributed by atoms with Crippen molar-refractivity contribution in [3.63, 3.8) is 0 Å². The molecule has 0 aliphatic heterocycles. The van der Waals surface area contributed by atoms with Crippen LogP contribution < -0.4 is 0 Å². The lowest BCUT2D eigenvalue weighted by atomic mass is 9.53. The number of hydrogen-bond acceptors (Lipinski definition) is 1. The maximum atomic E-state index is 17.5. The van der Waals surface area contributed by atoms with Crippen molar-refractivity contribution >= 4 is 0 Å². The van der Waals surface area contributed by atoms with Crippen molar-refractivity contribution in [1.29, 1.82) is 0 Å². The highest BCUT2D eigenvalue weighted by Crippen LogP contribution is 2.63. The third-order valence-electron chi connectivity index (χ3n) is 18.5. The van der Waals surface area contributed by atoms with Crippen LogP contribution in [0.4, 0.5) is 26.3 Å². The first kappa shape index (κ1) is 52.9. The molecule has 0 aromatic heterocycles. The normalized spacial score (nSPS) is 32.9. The first-order valence-corrected chi connectivity index (χ1v) is 28.0. The molecule has 0 bridgehead atoms. The van der Waals surface area contributed by atoms with Gasteiger partial charge >= 0.3 is 0 Å². The van der Waals surface area contributed by atoms with Crippen molar-refractivity contribution in [3.05, 3.63) is 47.6 Å². The molecule has 7 heteroatoms. The number of hydrogen-bond donors (Lipinski definition) is 0. The fourth-order valence-corrected chi connectivity index (χ4v) is 14.5. The van der Waals surface area contributed by atoms with E-state index in [-0.39, 0.29) is 25.0 Å². The Labute approximate surface area is 393 Å². The van der Waals surface area contributed by atoms with Gasteiger partial charge in [-0.2, -0.15) is 0 Å². The molecular formula is C58H92F6O. The van der Waals surface area contributed by atoms with Crippen LogP contribution in [0.25, 0.3) is 0 Å². The molecule has 0 aromatic rings. The van der Waals surface area contributed by atoms with E-state index < -0.39 is 57.3 Å². The van der Waals surface area contributed by atoms with E-state index in [1.807, 2.05) is 0 Å². The molecule has 372 valence electrons. The van der Waals surface area contributed by atoms with Gasteiger partial charge in [-0.15, -0.1) is 0 Å². The molecule has 0 radical (unpaired) electrons. The average molecular weight is 919 g/mol. The number of ether oxygens (including phenoxy) is 1. The molecular weight excluding hydrogens is 827 g/mol. The maximum Gasteiger partial charge on any atom is 0.188 e. The number of halogens is 6. The van der Waals surface area contributed by atoms with Crippen molar-refractivity contribution in [2.75, 3.05) is 13.2 Å². The number of unbranched alkanes of at least 4 members (excludes halogenated alkanes) is 14. The van der Waals surface area contributed by atoms with Crippen molar-refractivity contribution in [2.45, 2.75) is 256 Å². The SMILES string of the molecule is CCCCCCCCCC[C@H]1CC[C@H](C2([C@@]3(F)C=C[C@@H](COC[C@@H]4C=C[C@](F)(C5([C@H]6CC[C@H](CCCCCCCCCC)CC6)CCCCC5)C(F)=C4F)C(F)=C3F)CCCCC2)CC1.